The lowest BCUT2D eigenvalue weighted by molar-refractivity contribution is -0.143. The third-order valence-electron chi connectivity index (χ3n) is 2.58. The number of aliphatic hydroxyl groups is 3. The molecule has 130 valence electrons. The summed E-state index contributed by atoms with van der Waals surface area (Å²) in [6.45, 7) is 3.27. The molecule has 0 aliphatic carbocycles. The van der Waals surface area contributed by atoms with E-state index in [1.165, 1.54) is 0 Å². The zero-order chi connectivity index (χ0) is 17.8. The molecule has 9 heteroatoms. The Morgan fingerprint density at radius 2 is 1.50 bits per heavy atom. The molecule has 0 aromatic rings. The van der Waals surface area contributed by atoms with Crippen molar-refractivity contribution in [3.05, 3.63) is 0 Å². The van der Waals surface area contributed by atoms with E-state index in [0.717, 1.165) is 0 Å². The molecule has 0 aliphatic rings. The summed E-state index contributed by atoms with van der Waals surface area (Å²) in [6.07, 6.45) is -1.37. The lowest BCUT2D eigenvalue weighted by atomic mass is 9.87. The molecular formula is C13H25NO8. The average Bonchev–Trinajstić information content (AvgIpc) is 2.45. The van der Waals surface area contributed by atoms with Crippen molar-refractivity contribution in [2.24, 2.45) is 5.41 Å². The molecule has 0 bridgehead atoms. The highest BCUT2D eigenvalue weighted by atomic mass is 16.4. The summed E-state index contributed by atoms with van der Waals surface area (Å²) in [5.41, 5.74) is -0.844. The molecule has 0 aromatic heterocycles. The Morgan fingerprint density at radius 3 is 1.82 bits per heavy atom. The summed E-state index contributed by atoms with van der Waals surface area (Å²) in [5.74, 6) is -2.67. The number of aliphatic carboxylic acids is 2. The average molecular weight is 323 g/mol. The van der Waals surface area contributed by atoms with Crippen LogP contribution in [0, 0.1) is 5.41 Å². The number of carboxylic acids is 2. The summed E-state index contributed by atoms with van der Waals surface area (Å²) < 4.78 is 0. The smallest absolute Gasteiger partial charge is 0.303 e. The normalized spacial score (nSPS) is 11.9. The molecule has 1 amide bonds. The van der Waals surface area contributed by atoms with E-state index in [0.29, 0.717) is 13.0 Å². The van der Waals surface area contributed by atoms with Crippen LogP contribution in [0.2, 0.25) is 0 Å². The lowest BCUT2D eigenvalue weighted by Gasteiger charge is -2.27. The van der Waals surface area contributed by atoms with Crippen LogP contribution in [0.4, 0.5) is 0 Å². The molecule has 22 heavy (non-hydrogen) atoms. The first-order chi connectivity index (χ1) is 10.1. The molecule has 0 rings (SSSR count). The number of nitrogens with one attached hydrogen (secondary N) is 1. The quantitative estimate of drug-likeness (QED) is 0.288. The van der Waals surface area contributed by atoms with E-state index >= 15 is 0 Å². The minimum atomic E-state index is -1.23. The molecular weight excluding hydrogens is 298 g/mol. The summed E-state index contributed by atoms with van der Waals surface area (Å²) in [7, 11) is 0. The van der Waals surface area contributed by atoms with Crippen LogP contribution in [0.15, 0.2) is 0 Å². The summed E-state index contributed by atoms with van der Waals surface area (Å²) in [6, 6.07) is 0. The van der Waals surface area contributed by atoms with Gasteiger partial charge in [0, 0.05) is 18.6 Å². The Balaban J connectivity index is 0. The predicted molar refractivity (Wildman–Crippen MR) is 76.1 cm³/mol. The standard InChI is InChI=1S/C9H19NO4.C4H6O4/c1-9(2,6-12)7(13)8(14)10-4-3-5-11;5-3(6)1-2-4(7)8/h7,11-13H,3-6H2,1-2H3,(H,10,14);1-2H2,(H,5,6)(H,7,8). The van der Waals surface area contributed by atoms with Gasteiger partial charge in [-0.05, 0) is 6.42 Å². The van der Waals surface area contributed by atoms with Crippen molar-refractivity contribution in [3.63, 3.8) is 0 Å². The lowest BCUT2D eigenvalue weighted by Crippen LogP contribution is -2.45. The number of amides is 1. The summed E-state index contributed by atoms with van der Waals surface area (Å²) >= 11 is 0. The second-order valence-corrected chi connectivity index (χ2v) is 5.20. The fourth-order valence-corrected chi connectivity index (χ4v) is 1.04. The predicted octanol–water partition coefficient (Wildman–Crippen LogP) is -1.20. The van der Waals surface area contributed by atoms with E-state index in [9.17, 15) is 19.5 Å². The van der Waals surface area contributed by atoms with Gasteiger partial charge in [-0.15, -0.1) is 0 Å². The molecule has 0 aliphatic heterocycles. The van der Waals surface area contributed by atoms with Gasteiger partial charge in [0.15, 0.2) is 0 Å². The fourth-order valence-electron chi connectivity index (χ4n) is 1.04. The number of rotatable bonds is 9. The van der Waals surface area contributed by atoms with Crippen LogP contribution in [0.3, 0.4) is 0 Å². The van der Waals surface area contributed by atoms with E-state index < -0.39 is 29.4 Å². The number of hydrogen-bond donors (Lipinski definition) is 6. The maximum atomic E-state index is 11.3. The van der Waals surface area contributed by atoms with Crippen molar-refractivity contribution in [2.75, 3.05) is 19.8 Å². The largest absolute Gasteiger partial charge is 0.481 e. The molecule has 0 radical (unpaired) electrons. The molecule has 6 N–H and O–H groups in total. The van der Waals surface area contributed by atoms with Gasteiger partial charge in [0.2, 0.25) is 5.91 Å². The van der Waals surface area contributed by atoms with Gasteiger partial charge in [0.1, 0.15) is 6.10 Å². The van der Waals surface area contributed by atoms with Gasteiger partial charge in [-0.3, -0.25) is 14.4 Å². The van der Waals surface area contributed by atoms with Crippen LogP contribution >= 0.6 is 0 Å². The van der Waals surface area contributed by atoms with Crippen LogP contribution in [0.1, 0.15) is 33.1 Å². The molecule has 0 saturated heterocycles. The summed E-state index contributed by atoms with van der Waals surface area (Å²) in [5, 5.41) is 45.1. The van der Waals surface area contributed by atoms with Crippen LogP contribution in [-0.4, -0.2) is 69.2 Å². The van der Waals surface area contributed by atoms with E-state index in [2.05, 4.69) is 5.32 Å². The molecule has 0 fully saturated rings. The van der Waals surface area contributed by atoms with Crippen molar-refractivity contribution in [2.45, 2.75) is 39.2 Å². The molecule has 0 aromatic carbocycles. The minimum absolute atomic E-state index is 0.000230. The minimum Gasteiger partial charge on any atom is -0.481 e. The molecule has 1 atom stereocenters. The Kier molecular flexibility index (Phi) is 12.2. The van der Waals surface area contributed by atoms with Gasteiger partial charge in [-0.25, -0.2) is 0 Å². The van der Waals surface area contributed by atoms with Crippen molar-refractivity contribution < 1.29 is 39.9 Å². The second-order valence-electron chi connectivity index (χ2n) is 5.20. The monoisotopic (exact) mass is 323 g/mol. The van der Waals surface area contributed by atoms with Crippen molar-refractivity contribution in [3.8, 4) is 0 Å². The van der Waals surface area contributed by atoms with Crippen LogP contribution in [0.5, 0.6) is 0 Å². The highest BCUT2D eigenvalue weighted by Crippen LogP contribution is 2.19. The van der Waals surface area contributed by atoms with E-state index in [1.807, 2.05) is 0 Å². The van der Waals surface area contributed by atoms with Gasteiger partial charge in [0.05, 0.1) is 19.4 Å². The zero-order valence-corrected chi connectivity index (χ0v) is 12.8. The molecule has 0 spiro atoms. The Labute approximate surface area is 128 Å². The number of carbonyl (C=O) groups excluding carboxylic acids is 1. The number of carboxylic acid groups (broad SMARTS) is 2. The van der Waals surface area contributed by atoms with E-state index in [1.54, 1.807) is 13.8 Å². The van der Waals surface area contributed by atoms with Gasteiger partial charge < -0.3 is 30.8 Å². The Hall–Kier alpha value is -1.71. The summed E-state index contributed by atoms with van der Waals surface area (Å²) in [4.78, 5) is 30.6. The van der Waals surface area contributed by atoms with Crippen LogP contribution in [-0.2, 0) is 14.4 Å². The maximum absolute atomic E-state index is 11.3. The first-order valence-corrected chi connectivity index (χ1v) is 6.69. The van der Waals surface area contributed by atoms with Crippen LogP contribution in [0.25, 0.3) is 0 Å². The van der Waals surface area contributed by atoms with Gasteiger partial charge >= 0.3 is 11.9 Å². The van der Waals surface area contributed by atoms with Crippen molar-refractivity contribution >= 4 is 17.8 Å². The molecule has 0 saturated carbocycles. The Morgan fingerprint density at radius 1 is 1.05 bits per heavy atom. The second kappa shape index (κ2) is 11.9. The number of aliphatic hydroxyl groups excluding tert-OH is 3. The molecule has 0 heterocycles. The Bertz CT molecular complexity index is 342. The van der Waals surface area contributed by atoms with Crippen molar-refractivity contribution in [1.82, 2.24) is 5.32 Å². The van der Waals surface area contributed by atoms with Crippen LogP contribution < -0.4 is 5.32 Å². The first kappa shape index (κ1) is 22.6. The van der Waals surface area contributed by atoms with E-state index in [4.69, 9.17) is 20.4 Å². The van der Waals surface area contributed by atoms with E-state index in [-0.39, 0.29) is 26.1 Å². The topological polar surface area (TPSA) is 164 Å². The maximum Gasteiger partial charge on any atom is 0.303 e. The SMILES string of the molecule is CC(C)(CO)C(O)C(=O)NCCCO.O=C(O)CCC(=O)O. The number of hydrogen-bond acceptors (Lipinski definition) is 6. The third kappa shape index (κ3) is 12.1. The number of carbonyl (C=O) groups is 3. The fraction of sp³-hybridized carbons (Fsp3) is 0.769. The van der Waals surface area contributed by atoms with Crippen molar-refractivity contribution in [1.29, 1.82) is 0 Å². The molecule has 9 nitrogen and oxygen atoms in total. The molecule has 1 unspecified atom stereocenters. The highest BCUT2D eigenvalue weighted by molar-refractivity contribution is 5.81. The zero-order valence-electron chi connectivity index (χ0n) is 12.8. The van der Waals surface area contributed by atoms with Gasteiger partial charge in [-0.2, -0.15) is 0 Å². The van der Waals surface area contributed by atoms with Gasteiger partial charge in [-0.1, -0.05) is 13.8 Å². The highest BCUT2D eigenvalue weighted by Gasteiger charge is 2.32. The third-order valence-corrected chi connectivity index (χ3v) is 2.58. The van der Waals surface area contributed by atoms with Gasteiger partial charge in [0.25, 0.3) is 0 Å². The first-order valence-electron chi connectivity index (χ1n) is 6.69.